The summed E-state index contributed by atoms with van der Waals surface area (Å²) in [5.41, 5.74) is -0.0908. The molecule has 0 bridgehead atoms. The molecule has 1 amide bonds. The lowest BCUT2D eigenvalue weighted by molar-refractivity contribution is 0.00101. The van der Waals surface area contributed by atoms with Crippen molar-refractivity contribution >= 4 is 5.91 Å². The average molecular weight is 283 g/mol. The van der Waals surface area contributed by atoms with E-state index in [-0.39, 0.29) is 5.91 Å². The summed E-state index contributed by atoms with van der Waals surface area (Å²) in [5.74, 6) is 0.581. The van der Waals surface area contributed by atoms with Gasteiger partial charge in [0.1, 0.15) is 5.75 Å². The highest BCUT2D eigenvalue weighted by atomic mass is 16.5. The molecule has 1 aliphatic heterocycles. The van der Waals surface area contributed by atoms with Gasteiger partial charge in [-0.3, -0.25) is 4.79 Å². The number of amides is 1. The second kappa shape index (κ2) is 5.58. The summed E-state index contributed by atoms with van der Waals surface area (Å²) in [6.45, 7) is 0.490. The molecule has 0 spiro atoms. The molecule has 1 heterocycles. The van der Waals surface area contributed by atoms with Crippen molar-refractivity contribution < 1.29 is 14.6 Å². The molecule has 0 aliphatic carbocycles. The third kappa shape index (κ3) is 2.76. The maximum absolute atomic E-state index is 11.8. The lowest BCUT2D eigenvalue weighted by Gasteiger charge is -2.23. The minimum Gasteiger partial charge on any atom is -0.494 e. The van der Waals surface area contributed by atoms with Crippen molar-refractivity contribution in [1.29, 1.82) is 0 Å². The lowest BCUT2D eigenvalue weighted by atomic mass is 9.97. The number of carbonyl (C=O) groups excluding carboxylic acids is 1. The smallest absolute Gasteiger partial charge is 0.254 e. The third-order valence-corrected chi connectivity index (χ3v) is 3.63. The van der Waals surface area contributed by atoms with Gasteiger partial charge >= 0.3 is 0 Å². The number of hydrogen-bond donors (Lipinski definition) is 2. The topological polar surface area (TPSA) is 58.6 Å². The molecular formula is C17H17NO3. The van der Waals surface area contributed by atoms with Crippen molar-refractivity contribution in [3.8, 4) is 5.75 Å². The van der Waals surface area contributed by atoms with Gasteiger partial charge in [-0.15, -0.1) is 0 Å². The summed E-state index contributed by atoms with van der Waals surface area (Å²) in [4.78, 5) is 11.8. The Hall–Kier alpha value is -2.33. The van der Waals surface area contributed by atoms with Gasteiger partial charge in [-0.2, -0.15) is 0 Å². The van der Waals surface area contributed by atoms with Crippen molar-refractivity contribution in [3.63, 3.8) is 0 Å². The van der Waals surface area contributed by atoms with Crippen LogP contribution in [0.3, 0.4) is 0 Å². The molecule has 1 atom stereocenters. The zero-order valence-electron chi connectivity index (χ0n) is 11.6. The molecule has 21 heavy (non-hydrogen) atoms. The second-order valence-corrected chi connectivity index (χ2v) is 5.13. The van der Waals surface area contributed by atoms with Crippen LogP contribution >= 0.6 is 0 Å². The standard InChI is InChI=1S/C17H17NO3/c19-16-14-9-4-5-10-15(14)17(20,18-16)11-6-12-21-13-7-2-1-3-8-13/h1-5,7-10,20H,6,11-12H2,(H,18,19). The predicted molar refractivity (Wildman–Crippen MR) is 79.0 cm³/mol. The molecule has 3 rings (SSSR count). The van der Waals surface area contributed by atoms with Gasteiger partial charge in [-0.05, 0) is 24.6 Å². The maximum Gasteiger partial charge on any atom is 0.254 e. The first-order valence-electron chi connectivity index (χ1n) is 7.01. The normalized spacial score (nSPS) is 20.0. The zero-order valence-corrected chi connectivity index (χ0v) is 11.6. The molecule has 1 aliphatic rings. The van der Waals surface area contributed by atoms with Crippen LogP contribution in [0.2, 0.25) is 0 Å². The Labute approximate surface area is 123 Å². The SMILES string of the molecule is O=C1NC(O)(CCCOc2ccccc2)c2ccccc21. The van der Waals surface area contributed by atoms with Crippen LogP contribution in [0.1, 0.15) is 28.8 Å². The number of hydrogen-bond acceptors (Lipinski definition) is 3. The van der Waals surface area contributed by atoms with Crippen molar-refractivity contribution in [3.05, 3.63) is 65.7 Å². The minimum absolute atomic E-state index is 0.225. The maximum atomic E-state index is 11.8. The Balaban J connectivity index is 1.60. The van der Waals surface area contributed by atoms with E-state index in [0.29, 0.717) is 30.6 Å². The monoisotopic (exact) mass is 283 g/mol. The summed E-state index contributed by atoms with van der Waals surface area (Å²) in [6, 6.07) is 16.7. The fourth-order valence-corrected chi connectivity index (χ4v) is 2.60. The molecule has 108 valence electrons. The molecule has 2 aromatic carbocycles. The zero-order chi connectivity index (χ0) is 14.7. The van der Waals surface area contributed by atoms with E-state index in [4.69, 9.17) is 4.74 Å². The van der Waals surface area contributed by atoms with Crippen LogP contribution in [0.5, 0.6) is 5.75 Å². The Morgan fingerprint density at radius 2 is 1.76 bits per heavy atom. The minimum atomic E-state index is -1.28. The number of para-hydroxylation sites is 1. The van der Waals surface area contributed by atoms with E-state index < -0.39 is 5.72 Å². The lowest BCUT2D eigenvalue weighted by Crippen LogP contribution is -2.39. The molecular weight excluding hydrogens is 266 g/mol. The molecule has 0 radical (unpaired) electrons. The van der Waals surface area contributed by atoms with Crippen LogP contribution < -0.4 is 10.1 Å². The number of rotatable bonds is 5. The molecule has 0 saturated carbocycles. The van der Waals surface area contributed by atoms with Crippen molar-refractivity contribution in [2.75, 3.05) is 6.61 Å². The first-order valence-corrected chi connectivity index (χ1v) is 7.01. The fourth-order valence-electron chi connectivity index (χ4n) is 2.60. The number of nitrogens with one attached hydrogen (secondary N) is 1. The highest BCUT2D eigenvalue weighted by Gasteiger charge is 2.40. The number of benzene rings is 2. The van der Waals surface area contributed by atoms with Gasteiger partial charge in [0.05, 0.1) is 6.61 Å². The molecule has 2 aromatic rings. The van der Waals surface area contributed by atoms with Gasteiger partial charge in [0.25, 0.3) is 5.91 Å². The Kier molecular flexibility index (Phi) is 3.62. The predicted octanol–water partition coefficient (Wildman–Crippen LogP) is 2.43. The molecule has 4 heteroatoms. The van der Waals surface area contributed by atoms with Gasteiger partial charge in [-0.25, -0.2) is 0 Å². The highest BCUT2D eigenvalue weighted by Crippen LogP contribution is 2.32. The van der Waals surface area contributed by atoms with E-state index in [2.05, 4.69) is 5.32 Å². The van der Waals surface area contributed by atoms with Crippen molar-refractivity contribution in [2.24, 2.45) is 0 Å². The van der Waals surface area contributed by atoms with Crippen LogP contribution in [0.15, 0.2) is 54.6 Å². The first kappa shape index (κ1) is 13.6. The van der Waals surface area contributed by atoms with Crippen molar-refractivity contribution in [1.82, 2.24) is 5.32 Å². The summed E-state index contributed by atoms with van der Waals surface area (Å²) < 4.78 is 5.60. The van der Waals surface area contributed by atoms with Gasteiger partial charge in [-0.1, -0.05) is 36.4 Å². The number of fused-ring (bicyclic) bond motifs is 1. The van der Waals surface area contributed by atoms with Gasteiger partial charge in [0.2, 0.25) is 0 Å². The van der Waals surface area contributed by atoms with Gasteiger partial charge in [0, 0.05) is 17.5 Å². The molecule has 0 fully saturated rings. The van der Waals surface area contributed by atoms with Gasteiger partial charge in [0.15, 0.2) is 5.72 Å². The number of carbonyl (C=O) groups is 1. The van der Waals surface area contributed by atoms with E-state index in [9.17, 15) is 9.90 Å². The van der Waals surface area contributed by atoms with Crippen LogP contribution in [0.25, 0.3) is 0 Å². The van der Waals surface area contributed by atoms with Crippen LogP contribution in [-0.2, 0) is 5.72 Å². The van der Waals surface area contributed by atoms with E-state index in [1.54, 1.807) is 18.2 Å². The molecule has 2 N–H and O–H groups in total. The quantitative estimate of drug-likeness (QED) is 0.829. The summed E-state index contributed by atoms with van der Waals surface area (Å²) in [5, 5.41) is 13.3. The van der Waals surface area contributed by atoms with E-state index >= 15 is 0 Å². The Morgan fingerprint density at radius 1 is 1.05 bits per heavy atom. The van der Waals surface area contributed by atoms with Crippen molar-refractivity contribution in [2.45, 2.75) is 18.6 Å². The van der Waals surface area contributed by atoms with Crippen LogP contribution in [0, 0.1) is 0 Å². The number of aliphatic hydroxyl groups is 1. The van der Waals surface area contributed by atoms with E-state index in [0.717, 1.165) is 5.75 Å². The molecule has 0 saturated heterocycles. The number of ether oxygens (including phenoxy) is 1. The Morgan fingerprint density at radius 3 is 2.57 bits per heavy atom. The highest BCUT2D eigenvalue weighted by molar-refractivity contribution is 5.99. The molecule has 0 aromatic heterocycles. The average Bonchev–Trinajstić information content (AvgIpc) is 2.77. The summed E-state index contributed by atoms with van der Waals surface area (Å²) in [7, 11) is 0. The Bertz CT molecular complexity index is 641. The van der Waals surface area contributed by atoms with E-state index in [1.165, 1.54) is 0 Å². The summed E-state index contributed by atoms with van der Waals surface area (Å²) in [6.07, 6.45) is 1.06. The van der Waals surface area contributed by atoms with E-state index in [1.807, 2.05) is 36.4 Å². The molecule has 1 unspecified atom stereocenters. The largest absolute Gasteiger partial charge is 0.494 e. The first-order chi connectivity index (χ1) is 10.2. The fraction of sp³-hybridized carbons (Fsp3) is 0.235. The molecule has 4 nitrogen and oxygen atoms in total. The second-order valence-electron chi connectivity index (χ2n) is 5.13. The summed E-state index contributed by atoms with van der Waals surface area (Å²) >= 11 is 0. The van der Waals surface area contributed by atoms with Crippen LogP contribution in [0.4, 0.5) is 0 Å². The third-order valence-electron chi connectivity index (χ3n) is 3.63. The van der Waals surface area contributed by atoms with Gasteiger partial charge < -0.3 is 15.2 Å². The van der Waals surface area contributed by atoms with Crippen LogP contribution in [-0.4, -0.2) is 17.6 Å².